The molecule has 1 aliphatic heterocycles. The van der Waals surface area contributed by atoms with Gasteiger partial charge in [-0.2, -0.15) is 0 Å². The summed E-state index contributed by atoms with van der Waals surface area (Å²) >= 11 is 0. The predicted octanol–water partition coefficient (Wildman–Crippen LogP) is 2.73. The minimum atomic E-state index is 0.347. The summed E-state index contributed by atoms with van der Waals surface area (Å²) < 4.78 is 0. The number of hydrogen-bond donors (Lipinski definition) is 0. The second-order valence-corrected chi connectivity index (χ2v) is 6.43. The lowest BCUT2D eigenvalue weighted by Crippen LogP contribution is -2.49. The zero-order valence-corrected chi connectivity index (χ0v) is 13.3. The average molecular weight is 298 g/mol. The van der Waals surface area contributed by atoms with Crippen LogP contribution in [0.4, 0.5) is 0 Å². The zero-order valence-electron chi connectivity index (χ0n) is 13.3. The molecule has 0 radical (unpaired) electrons. The van der Waals surface area contributed by atoms with Crippen LogP contribution in [0.1, 0.15) is 24.8 Å². The molecule has 1 aliphatic carbocycles. The van der Waals surface area contributed by atoms with Crippen LogP contribution in [-0.4, -0.2) is 48.4 Å². The second kappa shape index (κ2) is 7.59. The Morgan fingerprint density at radius 3 is 2.55 bits per heavy atom. The molecule has 2 aliphatic rings. The van der Waals surface area contributed by atoms with Crippen LogP contribution in [0.3, 0.4) is 0 Å². The van der Waals surface area contributed by atoms with E-state index >= 15 is 0 Å². The number of hydrogen-bond acceptors (Lipinski definition) is 2. The summed E-state index contributed by atoms with van der Waals surface area (Å²) in [6.07, 6.45) is 8.53. The highest BCUT2D eigenvalue weighted by Gasteiger charge is 2.23. The number of allylic oxidation sites excluding steroid dienone is 2. The van der Waals surface area contributed by atoms with E-state index in [-0.39, 0.29) is 0 Å². The summed E-state index contributed by atoms with van der Waals surface area (Å²) in [6, 6.07) is 10.6. The highest BCUT2D eigenvalue weighted by molar-refractivity contribution is 5.76. The van der Waals surface area contributed by atoms with Crippen molar-refractivity contribution >= 4 is 5.91 Å². The van der Waals surface area contributed by atoms with Gasteiger partial charge in [0, 0.05) is 39.1 Å². The molecule has 1 unspecified atom stereocenters. The third-order valence-corrected chi connectivity index (χ3v) is 4.83. The monoisotopic (exact) mass is 298 g/mol. The molecule has 3 heteroatoms. The third-order valence-electron chi connectivity index (χ3n) is 4.83. The molecular weight excluding hydrogens is 272 g/mol. The van der Waals surface area contributed by atoms with Crippen LogP contribution in [-0.2, 0) is 11.2 Å². The van der Waals surface area contributed by atoms with Crippen molar-refractivity contribution in [2.75, 3.05) is 32.7 Å². The standard InChI is InChI=1S/C19H26N2O/c22-19(16-18-8-4-5-9-18)21-14-12-20(13-15-21)11-10-17-6-2-1-3-7-17/h1-4,6-8,18H,5,9-16H2. The van der Waals surface area contributed by atoms with Crippen LogP contribution in [0.15, 0.2) is 42.5 Å². The van der Waals surface area contributed by atoms with Crippen molar-refractivity contribution in [3.05, 3.63) is 48.0 Å². The Balaban J connectivity index is 1.38. The Morgan fingerprint density at radius 1 is 1.09 bits per heavy atom. The fraction of sp³-hybridized carbons (Fsp3) is 0.526. The molecule has 1 aromatic rings. The van der Waals surface area contributed by atoms with E-state index in [1.165, 1.54) is 5.56 Å². The zero-order chi connectivity index (χ0) is 15.2. The van der Waals surface area contributed by atoms with Gasteiger partial charge in [-0.25, -0.2) is 0 Å². The van der Waals surface area contributed by atoms with Crippen molar-refractivity contribution in [3.63, 3.8) is 0 Å². The van der Waals surface area contributed by atoms with E-state index in [2.05, 4.69) is 52.3 Å². The van der Waals surface area contributed by atoms with Crippen LogP contribution in [0.2, 0.25) is 0 Å². The molecule has 1 saturated heterocycles. The van der Waals surface area contributed by atoms with Gasteiger partial charge in [0.15, 0.2) is 0 Å². The highest BCUT2D eigenvalue weighted by atomic mass is 16.2. The normalized spacial score (nSPS) is 22.2. The first-order valence-electron chi connectivity index (χ1n) is 8.52. The maximum atomic E-state index is 12.3. The van der Waals surface area contributed by atoms with Gasteiger partial charge >= 0.3 is 0 Å². The van der Waals surface area contributed by atoms with Gasteiger partial charge in [-0.1, -0.05) is 42.5 Å². The number of carbonyl (C=O) groups excluding carboxylic acids is 1. The van der Waals surface area contributed by atoms with Crippen LogP contribution in [0, 0.1) is 5.92 Å². The summed E-state index contributed by atoms with van der Waals surface area (Å²) in [5.41, 5.74) is 1.40. The molecule has 0 aromatic heterocycles. The maximum absolute atomic E-state index is 12.3. The van der Waals surface area contributed by atoms with Gasteiger partial charge in [0.2, 0.25) is 5.91 Å². The molecule has 22 heavy (non-hydrogen) atoms. The molecule has 3 nitrogen and oxygen atoms in total. The minimum Gasteiger partial charge on any atom is -0.340 e. The number of rotatable bonds is 5. The molecule has 1 aromatic carbocycles. The molecular formula is C19H26N2O. The predicted molar refractivity (Wildman–Crippen MR) is 89.6 cm³/mol. The van der Waals surface area contributed by atoms with E-state index in [0.717, 1.165) is 52.0 Å². The van der Waals surface area contributed by atoms with E-state index in [9.17, 15) is 4.79 Å². The molecule has 1 heterocycles. The summed E-state index contributed by atoms with van der Waals surface area (Å²) in [4.78, 5) is 16.9. The fourth-order valence-electron chi connectivity index (χ4n) is 3.37. The summed E-state index contributed by atoms with van der Waals surface area (Å²) in [6.45, 7) is 4.91. The van der Waals surface area contributed by atoms with E-state index < -0.39 is 0 Å². The quantitative estimate of drug-likeness (QED) is 0.780. The summed E-state index contributed by atoms with van der Waals surface area (Å²) in [5.74, 6) is 0.836. The van der Waals surface area contributed by atoms with E-state index in [1.54, 1.807) is 0 Å². The molecule has 0 spiro atoms. The van der Waals surface area contributed by atoms with Crippen molar-refractivity contribution in [2.45, 2.75) is 25.7 Å². The van der Waals surface area contributed by atoms with Gasteiger partial charge in [0.1, 0.15) is 0 Å². The van der Waals surface area contributed by atoms with Crippen LogP contribution >= 0.6 is 0 Å². The molecule has 3 rings (SSSR count). The lowest BCUT2D eigenvalue weighted by molar-refractivity contribution is -0.133. The second-order valence-electron chi connectivity index (χ2n) is 6.43. The SMILES string of the molecule is O=C(CC1C=CCC1)N1CCN(CCc2ccccc2)CC1. The number of benzene rings is 1. The first-order chi connectivity index (χ1) is 10.8. The Morgan fingerprint density at radius 2 is 1.86 bits per heavy atom. The highest BCUT2D eigenvalue weighted by Crippen LogP contribution is 2.21. The van der Waals surface area contributed by atoms with Gasteiger partial charge in [-0.05, 0) is 30.7 Å². The van der Waals surface area contributed by atoms with Gasteiger partial charge in [-0.15, -0.1) is 0 Å². The molecule has 0 bridgehead atoms. The Hall–Kier alpha value is -1.61. The Kier molecular flexibility index (Phi) is 5.28. The van der Waals surface area contributed by atoms with Crippen molar-refractivity contribution in [1.82, 2.24) is 9.80 Å². The molecule has 118 valence electrons. The molecule has 1 amide bonds. The van der Waals surface area contributed by atoms with Crippen molar-refractivity contribution in [1.29, 1.82) is 0 Å². The smallest absolute Gasteiger partial charge is 0.223 e. The molecule has 1 atom stereocenters. The first kappa shape index (κ1) is 15.3. The number of carbonyl (C=O) groups is 1. The van der Waals surface area contributed by atoms with Gasteiger partial charge < -0.3 is 4.90 Å². The first-order valence-corrected chi connectivity index (χ1v) is 8.52. The Labute approximate surface area is 133 Å². The number of piperazine rings is 1. The summed E-state index contributed by atoms with van der Waals surface area (Å²) in [5, 5.41) is 0. The topological polar surface area (TPSA) is 23.6 Å². The lowest BCUT2D eigenvalue weighted by atomic mass is 10.0. The molecule has 0 N–H and O–H groups in total. The molecule has 0 saturated carbocycles. The van der Waals surface area contributed by atoms with E-state index in [1.807, 2.05) is 0 Å². The van der Waals surface area contributed by atoms with E-state index in [4.69, 9.17) is 0 Å². The Bertz CT molecular complexity index is 503. The van der Waals surface area contributed by atoms with Crippen molar-refractivity contribution < 1.29 is 4.79 Å². The number of amides is 1. The fourth-order valence-corrected chi connectivity index (χ4v) is 3.37. The van der Waals surface area contributed by atoms with E-state index in [0.29, 0.717) is 18.2 Å². The average Bonchev–Trinajstić information content (AvgIpc) is 3.07. The summed E-state index contributed by atoms with van der Waals surface area (Å²) in [7, 11) is 0. The van der Waals surface area contributed by atoms with Crippen LogP contribution < -0.4 is 0 Å². The third kappa shape index (κ3) is 4.20. The largest absolute Gasteiger partial charge is 0.340 e. The lowest BCUT2D eigenvalue weighted by Gasteiger charge is -2.35. The van der Waals surface area contributed by atoms with Crippen LogP contribution in [0.25, 0.3) is 0 Å². The van der Waals surface area contributed by atoms with Gasteiger partial charge in [0.05, 0.1) is 0 Å². The van der Waals surface area contributed by atoms with Gasteiger partial charge in [-0.3, -0.25) is 9.69 Å². The number of nitrogens with zero attached hydrogens (tertiary/aromatic N) is 2. The maximum Gasteiger partial charge on any atom is 0.223 e. The van der Waals surface area contributed by atoms with Crippen LogP contribution in [0.5, 0.6) is 0 Å². The van der Waals surface area contributed by atoms with Gasteiger partial charge in [0.25, 0.3) is 0 Å². The van der Waals surface area contributed by atoms with Crippen molar-refractivity contribution in [3.8, 4) is 0 Å². The minimum absolute atomic E-state index is 0.347. The molecule has 1 fully saturated rings. The van der Waals surface area contributed by atoms with Crippen molar-refractivity contribution in [2.24, 2.45) is 5.92 Å².